The van der Waals surface area contributed by atoms with Crippen LogP contribution in [0.25, 0.3) is 21.3 Å². The zero-order chi connectivity index (χ0) is 17.3. The number of aliphatic hydroxyl groups is 1. The molecule has 3 rings (SSSR count). The molecule has 3 aromatic rings. The minimum Gasteiger partial charge on any atom is -0.395 e. The van der Waals surface area contributed by atoms with Crippen LogP contribution in [0.5, 0.6) is 0 Å². The van der Waals surface area contributed by atoms with E-state index in [1.54, 1.807) is 12.1 Å². The Kier molecular flexibility index (Phi) is 4.99. The highest BCUT2D eigenvalue weighted by Crippen LogP contribution is 2.42. The van der Waals surface area contributed by atoms with E-state index in [0.717, 1.165) is 26.2 Å². The van der Waals surface area contributed by atoms with E-state index in [9.17, 15) is 9.50 Å². The Bertz CT molecular complexity index is 866. The first-order valence-electron chi connectivity index (χ1n) is 7.63. The van der Waals surface area contributed by atoms with Gasteiger partial charge in [0.05, 0.1) is 12.0 Å². The van der Waals surface area contributed by atoms with Gasteiger partial charge in [0, 0.05) is 23.5 Å². The minimum atomic E-state index is -0.272. The second-order valence-electron chi connectivity index (χ2n) is 5.34. The average molecular weight is 366 g/mol. The van der Waals surface area contributed by atoms with Crippen molar-refractivity contribution in [2.75, 3.05) is 24.6 Å². The van der Waals surface area contributed by atoms with Gasteiger partial charge in [-0.25, -0.2) is 9.37 Å². The van der Waals surface area contributed by atoms with E-state index >= 15 is 0 Å². The third-order valence-electron chi connectivity index (χ3n) is 3.87. The number of aliphatic hydroxyl groups excluding tert-OH is 1. The summed E-state index contributed by atoms with van der Waals surface area (Å²) in [6, 6.07) is 6.40. The Morgan fingerprint density at radius 2 is 1.96 bits per heavy atom. The highest BCUT2D eigenvalue weighted by atomic mass is 35.5. The summed E-state index contributed by atoms with van der Waals surface area (Å²) in [5.74, 6) is 0.427. The number of rotatable bonds is 5. The van der Waals surface area contributed by atoms with Crippen molar-refractivity contribution in [3.8, 4) is 11.1 Å². The van der Waals surface area contributed by atoms with E-state index < -0.39 is 0 Å². The summed E-state index contributed by atoms with van der Waals surface area (Å²) < 4.78 is 13.3. The third-order valence-corrected chi connectivity index (χ3v) is 5.03. The van der Waals surface area contributed by atoms with Crippen LogP contribution in [-0.2, 0) is 0 Å². The molecule has 0 saturated carbocycles. The van der Waals surface area contributed by atoms with E-state index in [2.05, 4.69) is 9.97 Å². The SMILES string of the molecule is CCN(CCO)c1nc(Cl)nc2sc(C)c(-c3ccc(F)cc3)c12. The van der Waals surface area contributed by atoms with Crippen LogP contribution in [0.4, 0.5) is 10.2 Å². The molecule has 0 saturated heterocycles. The Hall–Kier alpha value is -1.76. The summed E-state index contributed by atoms with van der Waals surface area (Å²) in [4.78, 5) is 12.6. The third kappa shape index (κ3) is 3.09. The topological polar surface area (TPSA) is 49.2 Å². The summed E-state index contributed by atoms with van der Waals surface area (Å²) in [7, 11) is 0. The molecule has 2 aromatic heterocycles. The number of fused-ring (bicyclic) bond motifs is 1. The number of aromatic nitrogens is 2. The molecule has 0 bridgehead atoms. The molecule has 0 aliphatic rings. The summed E-state index contributed by atoms with van der Waals surface area (Å²) in [6.45, 7) is 5.16. The van der Waals surface area contributed by atoms with Gasteiger partial charge in [0.1, 0.15) is 16.5 Å². The Labute approximate surface area is 148 Å². The highest BCUT2D eigenvalue weighted by molar-refractivity contribution is 7.19. The van der Waals surface area contributed by atoms with E-state index in [1.165, 1.54) is 23.5 Å². The first-order chi connectivity index (χ1) is 11.5. The van der Waals surface area contributed by atoms with E-state index in [0.29, 0.717) is 18.9 Å². The molecule has 7 heteroatoms. The van der Waals surface area contributed by atoms with Crippen LogP contribution >= 0.6 is 22.9 Å². The van der Waals surface area contributed by atoms with Gasteiger partial charge in [-0.05, 0) is 43.1 Å². The number of hydrogen-bond donors (Lipinski definition) is 1. The second-order valence-corrected chi connectivity index (χ2v) is 6.88. The van der Waals surface area contributed by atoms with Gasteiger partial charge in [-0.1, -0.05) is 12.1 Å². The molecule has 0 unspecified atom stereocenters. The van der Waals surface area contributed by atoms with Crippen molar-refractivity contribution in [1.29, 1.82) is 0 Å². The molecule has 0 spiro atoms. The number of halogens is 2. The standard InChI is InChI=1S/C17H17ClFN3OS/c1-3-22(8-9-23)15-14-13(11-4-6-12(19)7-5-11)10(2)24-16(14)21-17(18)20-15/h4-7,23H,3,8-9H2,1-2H3. The molecule has 0 amide bonds. The van der Waals surface area contributed by atoms with Crippen LogP contribution in [-0.4, -0.2) is 34.8 Å². The predicted molar refractivity (Wildman–Crippen MR) is 97.5 cm³/mol. The summed E-state index contributed by atoms with van der Waals surface area (Å²) >= 11 is 7.63. The van der Waals surface area contributed by atoms with E-state index in [-0.39, 0.29) is 17.7 Å². The normalized spacial score (nSPS) is 11.2. The lowest BCUT2D eigenvalue weighted by Crippen LogP contribution is -2.27. The zero-order valence-electron chi connectivity index (χ0n) is 13.4. The van der Waals surface area contributed by atoms with Crippen LogP contribution in [0.1, 0.15) is 11.8 Å². The number of aryl methyl sites for hydroxylation is 1. The first kappa shape index (κ1) is 17.1. The molecule has 1 aromatic carbocycles. The predicted octanol–water partition coefficient (Wildman–Crippen LogP) is 4.28. The van der Waals surface area contributed by atoms with Crippen molar-refractivity contribution in [3.05, 3.63) is 40.2 Å². The highest BCUT2D eigenvalue weighted by Gasteiger charge is 2.21. The molecule has 1 N–H and O–H groups in total. The largest absolute Gasteiger partial charge is 0.395 e. The van der Waals surface area contributed by atoms with E-state index in [4.69, 9.17) is 11.6 Å². The number of anilines is 1. The van der Waals surface area contributed by atoms with Crippen LogP contribution in [0, 0.1) is 12.7 Å². The molecule has 0 radical (unpaired) electrons. The maximum atomic E-state index is 13.3. The van der Waals surface area contributed by atoms with Crippen LogP contribution < -0.4 is 4.90 Å². The van der Waals surface area contributed by atoms with Crippen molar-refractivity contribution in [2.45, 2.75) is 13.8 Å². The van der Waals surface area contributed by atoms with Crippen LogP contribution in [0.3, 0.4) is 0 Å². The minimum absolute atomic E-state index is 0.0198. The van der Waals surface area contributed by atoms with Crippen LogP contribution in [0.15, 0.2) is 24.3 Å². The first-order valence-corrected chi connectivity index (χ1v) is 8.83. The summed E-state index contributed by atoms with van der Waals surface area (Å²) in [6.07, 6.45) is 0. The van der Waals surface area contributed by atoms with Gasteiger partial charge < -0.3 is 10.0 Å². The van der Waals surface area contributed by atoms with Gasteiger partial charge in [0.15, 0.2) is 0 Å². The van der Waals surface area contributed by atoms with Crippen molar-refractivity contribution in [1.82, 2.24) is 9.97 Å². The van der Waals surface area contributed by atoms with Gasteiger partial charge in [0.25, 0.3) is 0 Å². The summed E-state index contributed by atoms with van der Waals surface area (Å²) in [5, 5.41) is 10.4. The zero-order valence-corrected chi connectivity index (χ0v) is 15.0. The van der Waals surface area contributed by atoms with Crippen molar-refractivity contribution >= 4 is 39.0 Å². The second kappa shape index (κ2) is 7.01. The molecule has 24 heavy (non-hydrogen) atoms. The van der Waals surface area contributed by atoms with Gasteiger partial charge in [0.2, 0.25) is 5.28 Å². The van der Waals surface area contributed by atoms with Gasteiger partial charge in [-0.3, -0.25) is 0 Å². The molecular weight excluding hydrogens is 349 g/mol. The van der Waals surface area contributed by atoms with Gasteiger partial charge in [-0.15, -0.1) is 11.3 Å². The van der Waals surface area contributed by atoms with Crippen molar-refractivity contribution in [3.63, 3.8) is 0 Å². The molecule has 0 aliphatic heterocycles. The molecule has 0 atom stereocenters. The lowest BCUT2D eigenvalue weighted by Gasteiger charge is -2.22. The lowest BCUT2D eigenvalue weighted by atomic mass is 10.0. The number of thiophene rings is 1. The van der Waals surface area contributed by atoms with Crippen LogP contribution in [0.2, 0.25) is 5.28 Å². The molecule has 4 nitrogen and oxygen atoms in total. The average Bonchev–Trinajstić information content (AvgIpc) is 2.88. The maximum absolute atomic E-state index is 13.3. The van der Waals surface area contributed by atoms with Crippen molar-refractivity contribution in [2.24, 2.45) is 0 Å². The monoisotopic (exact) mass is 365 g/mol. The van der Waals surface area contributed by atoms with Gasteiger partial charge in [-0.2, -0.15) is 4.98 Å². The van der Waals surface area contributed by atoms with Crippen molar-refractivity contribution < 1.29 is 9.50 Å². The summed E-state index contributed by atoms with van der Waals surface area (Å²) in [5.41, 5.74) is 1.89. The van der Waals surface area contributed by atoms with Gasteiger partial charge >= 0.3 is 0 Å². The Morgan fingerprint density at radius 1 is 1.25 bits per heavy atom. The fourth-order valence-electron chi connectivity index (χ4n) is 2.80. The lowest BCUT2D eigenvalue weighted by molar-refractivity contribution is 0.302. The fourth-order valence-corrected chi connectivity index (χ4v) is 4.05. The molecule has 126 valence electrons. The number of hydrogen-bond acceptors (Lipinski definition) is 5. The Balaban J connectivity index is 2.29. The molecule has 0 fully saturated rings. The maximum Gasteiger partial charge on any atom is 0.225 e. The molecular formula is C17H17ClFN3OS. The number of nitrogens with zero attached hydrogens (tertiary/aromatic N) is 3. The molecule has 0 aliphatic carbocycles. The number of benzene rings is 1. The van der Waals surface area contributed by atoms with E-state index in [1.807, 2.05) is 18.7 Å². The fraction of sp³-hybridized carbons (Fsp3) is 0.294. The Morgan fingerprint density at radius 3 is 2.58 bits per heavy atom. The molecule has 2 heterocycles. The number of likely N-dealkylation sites (N-methyl/N-ethyl adjacent to an activating group) is 1. The smallest absolute Gasteiger partial charge is 0.225 e. The quantitative estimate of drug-likeness (QED) is 0.686.